The first-order valence-electron chi connectivity index (χ1n) is 7.27. The molecule has 2 saturated heterocycles. The maximum absolute atomic E-state index is 6.35. The van der Waals surface area contributed by atoms with Crippen LogP contribution >= 0.6 is 0 Å². The Labute approximate surface area is 110 Å². The van der Waals surface area contributed by atoms with Gasteiger partial charge < -0.3 is 19.9 Å². The molecule has 1 spiro atoms. The van der Waals surface area contributed by atoms with Gasteiger partial charge in [0.2, 0.25) is 0 Å². The summed E-state index contributed by atoms with van der Waals surface area (Å²) in [7, 11) is 0. The van der Waals surface area contributed by atoms with Crippen LogP contribution in [-0.2, 0) is 14.2 Å². The molecule has 2 aliphatic rings. The lowest BCUT2D eigenvalue weighted by atomic mass is 9.89. The summed E-state index contributed by atoms with van der Waals surface area (Å²) in [6, 6.07) is 0. The van der Waals surface area contributed by atoms with E-state index in [9.17, 15) is 0 Å². The van der Waals surface area contributed by atoms with Gasteiger partial charge in [0.05, 0.1) is 23.9 Å². The van der Waals surface area contributed by atoms with Gasteiger partial charge in [0, 0.05) is 32.6 Å². The van der Waals surface area contributed by atoms with Crippen LogP contribution in [0.4, 0.5) is 0 Å². The van der Waals surface area contributed by atoms with E-state index in [1.165, 1.54) is 0 Å². The van der Waals surface area contributed by atoms with Crippen molar-refractivity contribution in [3.8, 4) is 0 Å². The quantitative estimate of drug-likeness (QED) is 0.817. The molecule has 4 nitrogen and oxygen atoms in total. The molecule has 2 rings (SSSR count). The Morgan fingerprint density at radius 1 is 1.33 bits per heavy atom. The molecule has 0 bridgehead atoms. The lowest BCUT2D eigenvalue weighted by molar-refractivity contribution is -0.174. The molecule has 0 radical (unpaired) electrons. The molecule has 0 saturated carbocycles. The van der Waals surface area contributed by atoms with Crippen LogP contribution in [0.5, 0.6) is 0 Å². The second-order valence-electron chi connectivity index (χ2n) is 5.66. The lowest BCUT2D eigenvalue weighted by Crippen LogP contribution is -2.49. The van der Waals surface area contributed by atoms with Crippen molar-refractivity contribution in [2.24, 2.45) is 5.73 Å². The third-order valence-electron chi connectivity index (χ3n) is 4.59. The summed E-state index contributed by atoms with van der Waals surface area (Å²) in [5, 5.41) is 0. The Morgan fingerprint density at radius 3 is 2.67 bits per heavy atom. The van der Waals surface area contributed by atoms with Crippen LogP contribution in [-0.4, -0.2) is 43.7 Å². The van der Waals surface area contributed by atoms with Gasteiger partial charge in [0.15, 0.2) is 0 Å². The van der Waals surface area contributed by atoms with Crippen molar-refractivity contribution in [1.82, 2.24) is 0 Å². The molecule has 0 aromatic rings. The second kappa shape index (κ2) is 5.87. The Balaban J connectivity index is 1.96. The Morgan fingerprint density at radius 2 is 2.11 bits per heavy atom. The molecule has 2 N–H and O–H groups in total. The van der Waals surface area contributed by atoms with Crippen molar-refractivity contribution < 1.29 is 14.2 Å². The summed E-state index contributed by atoms with van der Waals surface area (Å²) in [4.78, 5) is 0. The third-order valence-corrected chi connectivity index (χ3v) is 4.59. The molecule has 0 aromatic carbocycles. The molecular formula is C14H27NO3. The van der Waals surface area contributed by atoms with Crippen molar-refractivity contribution in [1.29, 1.82) is 0 Å². The zero-order valence-electron chi connectivity index (χ0n) is 11.7. The molecule has 0 amide bonds. The fourth-order valence-electron chi connectivity index (χ4n) is 3.05. The maximum atomic E-state index is 6.35. The van der Waals surface area contributed by atoms with Gasteiger partial charge in [-0.05, 0) is 19.3 Å². The number of hydrogen-bond donors (Lipinski definition) is 1. The monoisotopic (exact) mass is 257 g/mol. The molecule has 106 valence electrons. The van der Waals surface area contributed by atoms with E-state index >= 15 is 0 Å². The third kappa shape index (κ3) is 2.87. The van der Waals surface area contributed by atoms with E-state index < -0.39 is 0 Å². The SMILES string of the molecule is CCC(CC)(CN)OC1CCOC2(CCOC2)C1. The normalized spacial score (nSPS) is 33.2. The predicted octanol–water partition coefficient (Wildman–Crippen LogP) is 1.86. The van der Waals surface area contributed by atoms with E-state index in [4.69, 9.17) is 19.9 Å². The van der Waals surface area contributed by atoms with Gasteiger partial charge in [-0.1, -0.05) is 13.8 Å². The van der Waals surface area contributed by atoms with Gasteiger partial charge >= 0.3 is 0 Å². The smallest absolute Gasteiger partial charge is 0.0961 e. The molecule has 2 aliphatic heterocycles. The van der Waals surface area contributed by atoms with Gasteiger partial charge in [-0.2, -0.15) is 0 Å². The predicted molar refractivity (Wildman–Crippen MR) is 70.6 cm³/mol. The fraction of sp³-hybridized carbons (Fsp3) is 1.00. The van der Waals surface area contributed by atoms with Crippen LogP contribution < -0.4 is 5.73 Å². The lowest BCUT2D eigenvalue weighted by Gasteiger charge is -2.42. The minimum atomic E-state index is -0.150. The molecular weight excluding hydrogens is 230 g/mol. The standard InChI is InChI=1S/C14H27NO3/c1-3-13(4-2,10-15)18-12-5-7-17-14(9-12)6-8-16-11-14/h12H,3-11,15H2,1-2H3. The molecule has 2 heterocycles. The summed E-state index contributed by atoms with van der Waals surface area (Å²) < 4.78 is 17.8. The van der Waals surface area contributed by atoms with Gasteiger partial charge in [0.1, 0.15) is 0 Å². The van der Waals surface area contributed by atoms with Crippen LogP contribution in [0.3, 0.4) is 0 Å². The van der Waals surface area contributed by atoms with Crippen LogP contribution in [0.15, 0.2) is 0 Å². The molecule has 18 heavy (non-hydrogen) atoms. The van der Waals surface area contributed by atoms with Crippen molar-refractivity contribution in [2.75, 3.05) is 26.4 Å². The highest BCUT2D eigenvalue weighted by Gasteiger charge is 2.43. The summed E-state index contributed by atoms with van der Waals surface area (Å²) in [5.74, 6) is 0. The van der Waals surface area contributed by atoms with Crippen molar-refractivity contribution in [3.05, 3.63) is 0 Å². The van der Waals surface area contributed by atoms with Gasteiger partial charge in [-0.25, -0.2) is 0 Å². The molecule has 2 unspecified atom stereocenters. The van der Waals surface area contributed by atoms with Crippen molar-refractivity contribution in [3.63, 3.8) is 0 Å². The maximum Gasteiger partial charge on any atom is 0.0961 e. The zero-order chi connectivity index (χ0) is 13.1. The van der Waals surface area contributed by atoms with Crippen molar-refractivity contribution >= 4 is 0 Å². The molecule has 2 fully saturated rings. The second-order valence-corrected chi connectivity index (χ2v) is 5.66. The summed E-state index contributed by atoms with van der Waals surface area (Å²) in [6.45, 7) is 7.23. The molecule has 4 heteroatoms. The first kappa shape index (κ1) is 14.3. The van der Waals surface area contributed by atoms with E-state index in [0.29, 0.717) is 6.54 Å². The minimum Gasteiger partial charge on any atom is -0.378 e. The highest BCUT2D eigenvalue weighted by Crippen LogP contribution is 2.36. The average Bonchev–Trinajstić information content (AvgIpc) is 2.84. The van der Waals surface area contributed by atoms with Crippen molar-refractivity contribution in [2.45, 2.75) is 63.3 Å². The summed E-state index contributed by atoms with van der Waals surface area (Å²) in [6.07, 6.45) is 5.14. The fourth-order valence-corrected chi connectivity index (χ4v) is 3.05. The van der Waals surface area contributed by atoms with Gasteiger partial charge in [-0.3, -0.25) is 0 Å². The largest absolute Gasteiger partial charge is 0.378 e. The molecule has 2 atom stereocenters. The highest BCUT2D eigenvalue weighted by atomic mass is 16.6. The highest BCUT2D eigenvalue weighted by molar-refractivity contribution is 4.92. The first-order valence-corrected chi connectivity index (χ1v) is 7.27. The Hall–Kier alpha value is -0.160. The van der Waals surface area contributed by atoms with E-state index in [2.05, 4.69) is 13.8 Å². The Kier molecular flexibility index (Phi) is 4.64. The minimum absolute atomic E-state index is 0.0786. The zero-order valence-corrected chi connectivity index (χ0v) is 11.7. The number of nitrogens with two attached hydrogens (primary N) is 1. The van der Waals surface area contributed by atoms with Gasteiger partial charge in [0.25, 0.3) is 0 Å². The number of ether oxygens (including phenoxy) is 3. The van der Waals surface area contributed by atoms with E-state index in [0.717, 1.165) is 51.9 Å². The first-order chi connectivity index (χ1) is 8.67. The van der Waals surface area contributed by atoms with Crippen LogP contribution in [0.25, 0.3) is 0 Å². The topological polar surface area (TPSA) is 53.7 Å². The van der Waals surface area contributed by atoms with E-state index in [1.54, 1.807) is 0 Å². The Bertz CT molecular complexity index is 252. The van der Waals surface area contributed by atoms with Crippen LogP contribution in [0.1, 0.15) is 46.0 Å². The molecule has 0 aromatic heterocycles. The van der Waals surface area contributed by atoms with Crippen LogP contribution in [0.2, 0.25) is 0 Å². The number of rotatable bonds is 5. The van der Waals surface area contributed by atoms with E-state index in [-0.39, 0.29) is 17.3 Å². The molecule has 0 aliphatic carbocycles. The summed E-state index contributed by atoms with van der Waals surface area (Å²) >= 11 is 0. The number of hydrogen-bond acceptors (Lipinski definition) is 4. The van der Waals surface area contributed by atoms with Gasteiger partial charge in [-0.15, -0.1) is 0 Å². The average molecular weight is 257 g/mol. The summed E-state index contributed by atoms with van der Waals surface area (Å²) in [5.41, 5.74) is 5.68. The van der Waals surface area contributed by atoms with E-state index in [1.807, 2.05) is 0 Å². The van der Waals surface area contributed by atoms with Crippen LogP contribution in [0, 0.1) is 0 Å².